The van der Waals surface area contributed by atoms with Gasteiger partial charge in [0.05, 0.1) is 12.7 Å². The van der Waals surface area contributed by atoms with E-state index in [0.717, 1.165) is 19.7 Å². The van der Waals surface area contributed by atoms with Crippen LogP contribution < -0.4 is 0 Å². The fourth-order valence-corrected chi connectivity index (χ4v) is 2.39. The molecule has 0 radical (unpaired) electrons. The second-order valence-corrected chi connectivity index (χ2v) is 5.83. The van der Waals surface area contributed by atoms with Crippen molar-refractivity contribution in [2.45, 2.75) is 39.3 Å². The van der Waals surface area contributed by atoms with Gasteiger partial charge in [0.15, 0.2) is 0 Å². The van der Waals surface area contributed by atoms with E-state index in [1.54, 1.807) is 0 Å². The molecule has 0 amide bonds. The average molecular weight is 270 g/mol. The van der Waals surface area contributed by atoms with Gasteiger partial charge >= 0.3 is 0 Å². The number of aryl methyl sites for hydroxylation is 1. The van der Waals surface area contributed by atoms with E-state index in [9.17, 15) is 0 Å². The molecule has 2 nitrogen and oxygen atoms in total. The molecule has 1 aliphatic heterocycles. The topological polar surface area (TPSA) is 12.5 Å². The predicted octanol–water partition coefficient (Wildman–Crippen LogP) is 3.59. The molecule has 0 saturated carbocycles. The molecule has 0 aromatic heterocycles. The van der Waals surface area contributed by atoms with Crippen LogP contribution in [0.15, 0.2) is 24.3 Å². The molecular weight excluding hydrogens is 246 g/mol. The first-order valence-corrected chi connectivity index (χ1v) is 6.40. The highest BCUT2D eigenvalue weighted by molar-refractivity contribution is 5.85. The minimum atomic E-state index is 0. The van der Waals surface area contributed by atoms with Crippen molar-refractivity contribution in [2.24, 2.45) is 0 Å². The second kappa shape index (κ2) is 6.05. The van der Waals surface area contributed by atoms with Crippen molar-refractivity contribution < 1.29 is 4.74 Å². The lowest BCUT2D eigenvalue weighted by Gasteiger charge is -2.41. The summed E-state index contributed by atoms with van der Waals surface area (Å²) in [7, 11) is 0. The van der Waals surface area contributed by atoms with E-state index < -0.39 is 0 Å². The molecule has 18 heavy (non-hydrogen) atoms. The number of rotatable bonds is 1. The van der Waals surface area contributed by atoms with Gasteiger partial charge < -0.3 is 4.74 Å². The molecule has 0 N–H and O–H groups in total. The molecule has 3 heteroatoms. The monoisotopic (exact) mass is 269 g/mol. The predicted molar refractivity (Wildman–Crippen MR) is 78.4 cm³/mol. The maximum atomic E-state index is 5.93. The second-order valence-electron chi connectivity index (χ2n) is 5.83. The Kier molecular flexibility index (Phi) is 5.20. The van der Waals surface area contributed by atoms with Crippen molar-refractivity contribution in [3.63, 3.8) is 0 Å². The summed E-state index contributed by atoms with van der Waals surface area (Å²) in [6, 6.07) is 8.53. The van der Waals surface area contributed by atoms with Gasteiger partial charge in [0.2, 0.25) is 0 Å². The van der Waals surface area contributed by atoms with Crippen LogP contribution >= 0.6 is 12.4 Å². The Labute approximate surface area is 117 Å². The Morgan fingerprint density at radius 2 is 1.89 bits per heavy atom. The Hall–Kier alpha value is -0.570. The largest absolute Gasteiger partial charge is 0.371 e. The summed E-state index contributed by atoms with van der Waals surface area (Å²) in [5.74, 6) is 0. The molecule has 1 saturated heterocycles. The molecule has 1 aromatic rings. The third-order valence-electron chi connectivity index (χ3n) is 3.55. The van der Waals surface area contributed by atoms with Crippen LogP contribution in [0.25, 0.3) is 0 Å². The summed E-state index contributed by atoms with van der Waals surface area (Å²) in [4.78, 5) is 2.51. The number of morpholine rings is 1. The molecule has 1 aliphatic rings. The molecule has 1 fully saturated rings. The van der Waals surface area contributed by atoms with Gasteiger partial charge in [-0.15, -0.1) is 12.4 Å². The van der Waals surface area contributed by atoms with Crippen LogP contribution in [-0.2, 0) is 4.74 Å². The SMILES string of the molecule is Cc1ccccc1C1CN(C(C)(C)C)CCO1.Cl. The summed E-state index contributed by atoms with van der Waals surface area (Å²) in [6.07, 6.45) is 0.226. The lowest BCUT2D eigenvalue weighted by atomic mass is 9.99. The standard InChI is InChI=1S/C15H23NO.ClH/c1-12-7-5-6-8-13(12)14-11-16(9-10-17-14)15(2,3)4;/h5-8,14H,9-11H2,1-4H3;1H. The van der Waals surface area contributed by atoms with Crippen LogP contribution in [0.3, 0.4) is 0 Å². The van der Waals surface area contributed by atoms with E-state index in [1.165, 1.54) is 11.1 Å². The maximum Gasteiger partial charge on any atom is 0.0955 e. The first kappa shape index (κ1) is 15.5. The zero-order valence-corrected chi connectivity index (χ0v) is 12.6. The molecule has 1 heterocycles. The minimum Gasteiger partial charge on any atom is -0.371 e. The number of ether oxygens (including phenoxy) is 1. The summed E-state index contributed by atoms with van der Waals surface area (Å²) < 4.78 is 5.93. The Morgan fingerprint density at radius 1 is 1.22 bits per heavy atom. The number of hydrogen-bond acceptors (Lipinski definition) is 2. The highest BCUT2D eigenvalue weighted by atomic mass is 35.5. The molecule has 1 atom stereocenters. The van der Waals surface area contributed by atoms with Crippen molar-refractivity contribution in [2.75, 3.05) is 19.7 Å². The van der Waals surface area contributed by atoms with Gasteiger partial charge in [0.25, 0.3) is 0 Å². The van der Waals surface area contributed by atoms with Gasteiger partial charge in [-0.05, 0) is 38.8 Å². The molecule has 0 bridgehead atoms. The van der Waals surface area contributed by atoms with Crippen LogP contribution in [0, 0.1) is 6.92 Å². The van der Waals surface area contributed by atoms with Crippen LogP contribution in [0.4, 0.5) is 0 Å². The third-order valence-corrected chi connectivity index (χ3v) is 3.55. The van der Waals surface area contributed by atoms with Crippen molar-refractivity contribution in [3.8, 4) is 0 Å². The number of hydrogen-bond donors (Lipinski definition) is 0. The van der Waals surface area contributed by atoms with E-state index in [4.69, 9.17) is 4.74 Å². The summed E-state index contributed by atoms with van der Waals surface area (Å²) in [6.45, 7) is 11.8. The smallest absolute Gasteiger partial charge is 0.0955 e. The summed E-state index contributed by atoms with van der Waals surface area (Å²) >= 11 is 0. The van der Waals surface area contributed by atoms with Gasteiger partial charge in [0, 0.05) is 18.6 Å². The van der Waals surface area contributed by atoms with E-state index in [2.05, 4.69) is 56.9 Å². The van der Waals surface area contributed by atoms with Gasteiger partial charge in [0.1, 0.15) is 0 Å². The molecule has 1 unspecified atom stereocenters. The highest BCUT2D eigenvalue weighted by Gasteiger charge is 2.29. The average Bonchev–Trinajstić information content (AvgIpc) is 2.29. The van der Waals surface area contributed by atoms with Crippen LogP contribution in [0.2, 0.25) is 0 Å². The van der Waals surface area contributed by atoms with Crippen LogP contribution in [0.5, 0.6) is 0 Å². The highest BCUT2D eigenvalue weighted by Crippen LogP contribution is 2.28. The zero-order valence-electron chi connectivity index (χ0n) is 11.8. The Bertz CT molecular complexity index is 386. The Morgan fingerprint density at radius 3 is 2.50 bits per heavy atom. The van der Waals surface area contributed by atoms with Gasteiger partial charge in [-0.25, -0.2) is 0 Å². The van der Waals surface area contributed by atoms with Crippen molar-refractivity contribution in [3.05, 3.63) is 35.4 Å². The summed E-state index contributed by atoms with van der Waals surface area (Å²) in [5.41, 5.74) is 2.89. The normalized spacial score (nSPS) is 21.4. The number of halogens is 1. The van der Waals surface area contributed by atoms with Crippen molar-refractivity contribution >= 4 is 12.4 Å². The molecule has 1 aromatic carbocycles. The number of benzene rings is 1. The maximum absolute atomic E-state index is 5.93. The van der Waals surface area contributed by atoms with E-state index in [0.29, 0.717) is 0 Å². The van der Waals surface area contributed by atoms with E-state index in [1.807, 2.05) is 0 Å². The minimum absolute atomic E-state index is 0. The van der Waals surface area contributed by atoms with Crippen molar-refractivity contribution in [1.29, 1.82) is 0 Å². The van der Waals surface area contributed by atoms with Gasteiger partial charge in [-0.3, -0.25) is 4.90 Å². The molecule has 102 valence electrons. The first-order valence-electron chi connectivity index (χ1n) is 6.40. The van der Waals surface area contributed by atoms with E-state index >= 15 is 0 Å². The molecule has 0 spiro atoms. The first-order chi connectivity index (χ1) is 7.98. The quantitative estimate of drug-likeness (QED) is 0.773. The molecule has 0 aliphatic carbocycles. The Balaban J connectivity index is 0.00000162. The van der Waals surface area contributed by atoms with Gasteiger partial charge in [-0.2, -0.15) is 0 Å². The van der Waals surface area contributed by atoms with Crippen LogP contribution in [0.1, 0.15) is 38.0 Å². The van der Waals surface area contributed by atoms with Crippen LogP contribution in [-0.4, -0.2) is 30.1 Å². The number of nitrogens with zero attached hydrogens (tertiary/aromatic N) is 1. The lowest BCUT2D eigenvalue weighted by molar-refractivity contribution is -0.0599. The van der Waals surface area contributed by atoms with Gasteiger partial charge in [-0.1, -0.05) is 24.3 Å². The lowest BCUT2D eigenvalue weighted by Crippen LogP contribution is -2.49. The third kappa shape index (κ3) is 3.47. The van der Waals surface area contributed by atoms with Crippen molar-refractivity contribution in [1.82, 2.24) is 4.90 Å². The molecule has 2 rings (SSSR count). The summed E-state index contributed by atoms with van der Waals surface area (Å²) in [5, 5.41) is 0. The van der Waals surface area contributed by atoms with E-state index in [-0.39, 0.29) is 24.0 Å². The fourth-order valence-electron chi connectivity index (χ4n) is 2.39. The fraction of sp³-hybridized carbons (Fsp3) is 0.600. The zero-order chi connectivity index (χ0) is 12.5. The molecular formula is C15H24ClNO.